The number of likely N-dealkylation sites (tertiary alicyclic amines) is 1. The number of fused-ring (bicyclic) bond motifs is 1. The predicted molar refractivity (Wildman–Crippen MR) is 128 cm³/mol. The van der Waals surface area contributed by atoms with Crippen molar-refractivity contribution in [2.75, 3.05) is 37.6 Å². The number of nitrogens with zero attached hydrogens (tertiary/aromatic N) is 4. The van der Waals surface area contributed by atoms with Gasteiger partial charge in [0.25, 0.3) is 0 Å². The Morgan fingerprint density at radius 3 is 2.74 bits per heavy atom. The van der Waals surface area contributed by atoms with Crippen LogP contribution in [-0.2, 0) is 17.7 Å². The monoisotopic (exact) mass is 463 g/mol. The Bertz CT molecular complexity index is 1180. The Labute approximate surface area is 199 Å². The molecule has 1 N–H and O–H groups in total. The van der Waals surface area contributed by atoms with Crippen LogP contribution in [0.3, 0.4) is 0 Å². The van der Waals surface area contributed by atoms with Gasteiger partial charge >= 0.3 is 6.09 Å². The van der Waals surface area contributed by atoms with E-state index in [0.717, 1.165) is 30.8 Å². The first-order valence-electron chi connectivity index (χ1n) is 11.8. The highest BCUT2D eigenvalue weighted by atomic mass is 19.1. The minimum atomic E-state index is -0.518. The highest BCUT2D eigenvalue weighted by Crippen LogP contribution is 2.47. The van der Waals surface area contributed by atoms with Crippen molar-refractivity contribution in [3.8, 4) is 11.1 Å². The van der Waals surface area contributed by atoms with Crippen molar-refractivity contribution in [2.45, 2.75) is 45.8 Å². The van der Waals surface area contributed by atoms with Crippen LogP contribution in [0.5, 0.6) is 0 Å². The summed E-state index contributed by atoms with van der Waals surface area (Å²) in [7, 11) is 0. The van der Waals surface area contributed by atoms with E-state index in [1.807, 2.05) is 26.8 Å². The normalized spacial score (nSPS) is 18.9. The van der Waals surface area contributed by atoms with Gasteiger partial charge in [-0.15, -0.1) is 0 Å². The van der Waals surface area contributed by atoms with E-state index < -0.39 is 5.60 Å². The SMILES string of the molecule is [C-]#[N+]c1c(N2CCC3(CN(C(=O)OC(C)(C)C)C3)C2)nc2c(c1-c1ccccc1F)CCNC2. The van der Waals surface area contributed by atoms with Crippen molar-refractivity contribution in [1.29, 1.82) is 0 Å². The molecule has 1 aromatic heterocycles. The van der Waals surface area contributed by atoms with Crippen LogP contribution in [0.15, 0.2) is 24.3 Å². The lowest BCUT2D eigenvalue weighted by molar-refractivity contribution is -0.0266. The van der Waals surface area contributed by atoms with Crippen molar-refractivity contribution in [2.24, 2.45) is 5.41 Å². The van der Waals surface area contributed by atoms with E-state index in [2.05, 4.69) is 15.1 Å². The molecule has 0 saturated carbocycles. The van der Waals surface area contributed by atoms with E-state index in [1.165, 1.54) is 6.07 Å². The largest absolute Gasteiger partial charge is 0.444 e. The van der Waals surface area contributed by atoms with E-state index in [9.17, 15) is 9.18 Å². The molecule has 2 fully saturated rings. The smallest absolute Gasteiger partial charge is 0.410 e. The van der Waals surface area contributed by atoms with Crippen molar-refractivity contribution >= 4 is 17.6 Å². The summed E-state index contributed by atoms with van der Waals surface area (Å²) in [6, 6.07) is 6.68. The van der Waals surface area contributed by atoms with Gasteiger partial charge in [0.1, 0.15) is 17.2 Å². The fraction of sp³-hybridized carbons (Fsp3) is 0.500. The van der Waals surface area contributed by atoms with Gasteiger partial charge in [-0.2, -0.15) is 0 Å². The van der Waals surface area contributed by atoms with E-state index in [1.54, 1.807) is 17.0 Å². The Morgan fingerprint density at radius 1 is 1.26 bits per heavy atom. The minimum absolute atomic E-state index is 0.0236. The first kappa shape index (κ1) is 22.6. The maximum Gasteiger partial charge on any atom is 0.410 e. The zero-order valence-electron chi connectivity index (χ0n) is 19.9. The maximum absolute atomic E-state index is 14.9. The molecule has 4 heterocycles. The van der Waals surface area contributed by atoms with Gasteiger partial charge in [-0.25, -0.2) is 19.0 Å². The summed E-state index contributed by atoms with van der Waals surface area (Å²) >= 11 is 0. The Morgan fingerprint density at radius 2 is 2.03 bits per heavy atom. The summed E-state index contributed by atoms with van der Waals surface area (Å²) in [5, 5.41) is 3.35. The van der Waals surface area contributed by atoms with Crippen LogP contribution < -0.4 is 10.2 Å². The number of carbonyl (C=O) groups excluding carboxylic acids is 1. The zero-order chi connectivity index (χ0) is 24.1. The number of anilines is 1. The summed E-state index contributed by atoms with van der Waals surface area (Å²) in [6.07, 6.45) is 1.34. The number of carbonyl (C=O) groups is 1. The average molecular weight is 464 g/mol. The molecule has 5 rings (SSSR count). The van der Waals surface area contributed by atoms with Crippen LogP contribution >= 0.6 is 0 Å². The third-order valence-electron chi connectivity index (χ3n) is 6.88. The van der Waals surface area contributed by atoms with Gasteiger partial charge in [0, 0.05) is 43.7 Å². The van der Waals surface area contributed by atoms with Gasteiger partial charge in [-0.1, -0.05) is 18.2 Å². The molecule has 3 aliphatic heterocycles. The fourth-order valence-corrected chi connectivity index (χ4v) is 5.36. The van der Waals surface area contributed by atoms with Gasteiger partial charge < -0.3 is 19.9 Å². The van der Waals surface area contributed by atoms with Crippen LogP contribution in [0.4, 0.5) is 20.7 Å². The topological polar surface area (TPSA) is 62.1 Å². The highest BCUT2D eigenvalue weighted by Gasteiger charge is 2.51. The molecule has 1 aromatic carbocycles. The number of hydrogen-bond acceptors (Lipinski definition) is 5. The number of ether oxygens (including phenoxy) is 1. The summed E-state index contributed by atoms with van der Waals surface area (Å²) in [5.41, 5.74) is 2.87. The number of nitrogens with one attached hydrogen (secondary N) is 1. The van der Waals surface area contributed by atoms with Gasteiger partial charge in [0.05, 0.1) is 12.3 Å². The lowest BCUT2D eigenvalue weighted by Crippen LogP contribution is -2.60. The summed E-state index contributed by atoms with van der Waals surface area (Å²) in [6.45, 7) is 17.7. The maximum atomic E-state index is 14.9. The highest BCUT2D eigenvalue weighted by molar-refractivity contribution is 5.90. The van der Waals surface area contributed by atoms with Crippen LogP contribution in [0.2, 0.25) is 0 Å². The number of pyridine rings is 1. The molecular formula is C26H30FN5O2. The van der Waals surface area contributed by atoms with Crippen molar-refractivity contribution < 1.29 is 13.9 Å². The molecule has 2 saturated heterocycles. The molecule has 1 spiro atoms. The van der Waals surface area contributed by atoms with Gasteiger partial charge in [-0.05, 0) is 57.4 Å². The van der Waals surface area contributed by atoms with E-state index in [0.29, 0.717) is 55.2 Å². The fourth-order valence-electron chi connectivity index (χ4n) is 5.36. The quantitative estimate of drug-likeness (QED) is 0.663. The number of aromatic nitrogens is 1. The van der Waals surface area contributed by atoms with Crippen molar-refractivity contribution in [1.82, 2.24) is 15.2 Å². The number of rotatable bonds is 2. The number of hydrogen-bond donors (Lipinski definition) is 1. The molecule has 0 bridgehead atoms. The van der Waals surface area contributed by atoms with Gasteiger partial charge in [0.15, 0.2) is 0 Å². The van der Waals surface area contributed by atoms with Gasteiger partial charge in [0.2, 0.25) is 5.69 Å². The number of halogens is 1. The van der Waals surface area contributed by atoms with Crippen LogP contribution in [0.1, 0.15) is 38.4 Å². The standard InChI is InChI=1S/C26H30FN5O2/c1-25(2,3)34-24(33)32-15-26(16-32)10-12-31(14-26)23-22(28-4)21(17-7-5-6-8-19(17)27)18-9-11-29-13-20(18)30-23/h5-8,29H,9-16H2,1-3H3. The zero-order valence-corrected chi connectivity index (χ0v) is 19.9. The third kappa shape index (κ3) is 3.98. The molecule has 0 aliphatic carbocycles. The summed E-state index contributed by atoms with van der Waals surface area (Å²) in [4.78, 5) is 25.1. The predicted octanol–water partition coefficient (Wildman–Crippen LogP) is 4.53. The Balaban J connectivity index is 1.46. The molecule has 8 heteroatoms. The second kappa shape index (κ2) is 8.24. The average Bonchev–Trinajstić information content (AvgIpc) is 3.22. The molecule has 3 aliphatic rings. The van der Waals surface area contributed by atoms with Crippen LogP contribution in [0.25, 0.3) is 16.0 Å². The molecule has 7 nitrogen and oxygen atoms in total. The molecule has 0 atom stereocenters. The van der Waals surface area contributed by atoms with E-state index in [4.69, 9.17) is 16.3 Å². The van der Waals surface area contributed by atoms with E-state index in [-0.39, 0.29) is 17.3 Å². The lowest BCUT2D eigenvalue weighted by Gasteiger charge is -2.47. The van der Waals surface area contributed by atoms with Crippen LogP contribution in [-0.4, -0.2) is 54.3 Å². The Kier molecular flexibility index (Phi) is 5.48. The summed E-state index contributed by atoms with van der Waals surface area (Å²) < 4.78 is 20.4. The minimum Gasteiger partial charge on any atom is -0.444 e. The second-order valence-corrected chi connectivity index (χ2v) is 10.6. The van der Waals surface area contributed by atoms with E-state index >= 15 is 0 Å². The molecule has 2 aromatic rings. The molecule has 0 radical (unpaired) electrons. The molecule has 178 valence electrons. The lowest BCUT2D eigenvalue weighted by atomic mass is 9.79. The Hall–Kier alpha value is -3.18. The number of benzene rings is 1. The molecular weight excluding hydrogens is 433 g/mol. The van der Waals surface area contributed by atoms with Crippen molar-refractivity contribution in [3.63, 3.8) is 0 Å². The summed E-state index contributed by atoms with van der Waals surface area (Å²) in [5.74, 6) is 0.304. The molecule has 34 heavy (non-hydrogen) atoms. The molecule has 1 amide bonds. The van der Waals surface area contributed by atoms with Crippen LogP contribution in [0, 0.1) is 17.8 Å². The second-order valence-electron chi connectivity index (χ2n) is 10.6. The first-order chi connectivity index (χ1) is 16.2. The van der Waals surface area contributed by atoms with Crippen molar-refractivity contribution in [3.05, 3.63) is 52.8 Å². The third-order valence-corrected chi connectivity index (χ3v) is 6.88. The number of amides is 1. The van der Waals surface area contributed by atoms with Gasteiger partial charge in [-0.3, -0.25) is 0 Å². The first-order valence-corrected chi connectivity index (χ1v) is 11.8. The molecule has 0 unspecified atom stereocenters.